The van der Waals surface area contributed by atoms with Gasteiger partial charge in [-0.05, 0) is 36.4 Å². The molecular formula is C20H18N4O3. The van der Waals surface area contributed by atoms with Crippen LogP contribution in [0.25, 0.3) is 5.69 Å². The van der Waals surface area contributed by atoms with E-state index in [0.29, 0.717) is 24.5 Å². The summed E-state index contributed by atoms with van der Waals surface area (Å²) >= 11 is 0. The molecule has 27 heavy (non-hydrogen) atoms. The number of hydrogen-bond acceptors (Lipinski definition) is 6. The first-order chi connectivity index (χ1) is 13.1. The molecule has 2 N–H and O–H groups in total. The number of esters is 1. The molecule has 2 aromatic heterocycles. The summed E-state index contributed by atoms with van der Waals surface area (Å²) in [6.07, 6.45) is 3.97. The third-order valence-electron chi connectivity index (χ3n) is 4.01. The molecule has 0 aliphatic heterocycles. The number of aromatic nitrogens is 2. The number of nitrogens with two attached hydrogens (primary N) is 1. The van der Waals surface area contributed by atoms with Crippen LogP contribution < -0.4 is 10.5 Å². The molecule has 7 nitrogen and oxygen atoms in total. The molecule has 0 bridgehead atoms. The highest BCUT2D eigenvalue weighted by molar-refractivity contribution is 5.95. The summed E-state index contributed by atoms with van der Waals surface area (Å²) in [5.41, 5.74) is 7.97. The Hall–Kier alpha value is -3.79. The molecule has 0 unspecified atom stereocenters. The monoisotopic (exact) mass is 362 g/mol. The number of carbonyl (C=O) groups excluding carboxylic acids is 1. The Morgan fingerprint density at radius 2 is 2.04 bits per heavy atom. The van der Waals surface area contributed by atoms with Crippen molar-refractivity contribution in [1.29, 1.82) is 5.26 Å². The highest BCUT2D eigenvalue weighted by Gasteiger charge is 2.21. The van der Waals surface area contributed by atoms with Crippen LogP contribution in [0.1, 0.15) is 21.7 Å². The summed E-state index contributed by atoms with van der Waals surface area (Å²) in [7, 11) is 1.27. The molecule has 7 heteroatoms. The Labute approximate surface area is 156 Å². The fourth-order valence-corrected chi connectivity index (χ4v) is 2.64. The van der Waals surface area contributed by atoms with Crippen LogP contribution in [0.15, 0.2) is 54.9 Å². The minimum Gasteiger partial charge on any atom is -0.493 e. The second kappa shape index (κ2) is 8.06. The molecular weight excluding hydrogens is 344 g/mol. The zero-order valence-corrected chi connectivity index (χ0v) is 14.8. The molecule has 3 aromatic rings. The van der Waals surface area contributed by atoms with Gasteiger partial charge in [0, 0.05) is 30.2 Å². The van der Waals surface area contributed by atoms with Crippen LogP contribution in [0.3, 0.4) is 0 Å². The molecule has 0 atom stereocenters. The van der Waals surface area contributed by atoms with Gasteiger partial charge < -0.3 is 19.8 Å². The van der Waals surface area contributed by atoms with E-state index in [-0.39, 0.29) is 16.9 Å². The first kappa shape index (κ1) is 18.0. The van der Waals surface area contributed by atoms with Gasteiger partial charge >= 0.3 is 5.97 Å². The predicted molar refractivity (Wildman–Crippen MR) is 99.7 cm³/mol. The summed E-state index contributed by atoms with van der Waals surface area (Å²) in [6, 6.07) is 14.9. The minimum atomic E-state index is -0.607. The van der Waals surface area contributed by atoms with Crippen LogP contribution in [0.5, 0.6) is 5.75 Å². The lowest BCUT2D eigenvalue weighted by atomic mass is 10.2. The van der Waals surface area contributed by atoms with Crippen molar-refractivity contribution in [3.8, 4) is 17.5 Å². The number of nitrogens with zero attached hydrogens (tertiary/aromatic N) is 3. The number of ether oxygens (including phenoxy) is 2. The van der Waals surface area contributed by atoms with Gasteiger partial charge in [0.1, 0.15) is 11.8 Å². The van der Waals surface area contributed by atoms with Gasteiger partial charge in [0.2, 0.25) is 0 Å². The molecule has 0 radical (unpaired) electrons. The first-order valence-electron chi connectivity index (χ1n) is 8.26. The number of nitriles is 1. The zero-order chi connectivity index (χ0) is 19.2. The van der Waals surface area contributed by atoms with E-state index in [4.69, 9.17) is 15.2 Å². The van der Waals surface area contributed by atoms with Crippen molar-refractivity contribution in [3.63, 3.8) is 0 Å². The third kappa shape index (κ3) is 3.90. The average molecular weight is 362 g/mol. The Bertz CT molecular complexity index is 973. The van der Waals surface area contributed by atoms with Gasteiger partial charge in [0.15, 0.2) is 5.69 Å². The minimum absolute atomic E-state index is 0.0973. The highest BCUT2D eigenvalue weighted by Crippen LogP contribution is 2.25. The normalized spacial score (nSPS) is 10.2. The predicted octanol–water partition coefficient (Wildman–Crippen LogP) is 2.73. The fourth-order valence-electron chi connectivity index (χ4n) is 2.64. The lowest BCUT2D eigenvalue weighted by molar-refractivity contribution is 0.0593. The zero-order valence-electron chi connectivity index (χ0n) is 14.8. The van der Waals surface area contributed by atoms with Crippen LogP contribution in [0.4, 0.5) is 5.69 Å². The van der Waals surface area contributed by atoms with Crippen molar-refractivity contribution in [3.05, 3.63) is 71.8 Å². The van der Waals surface area contributed by atoms with Gasteiger partial charge in [-0.1, -0.05) is 6.07 Å². The Balaban J connectivity index is 1.76. The summed E-state index contributed by atoms with van der Waals surface area (Å²) < 4.78 is 12.0. The molecule has 2 heterocycles. The SMILES string of the molecule is COC(=O)c1c(N)c(C#N)cn1-c1ccc(OCCc2ccccn2)cc1. The second-order valence-corrected chi connectivity index (χ2v) is 5.69. The molecule has 0 saturated heterocycles. The lowest BCUT2D eigenvalue weighted by Gasteiger charge is -2.10. The standard InChI is InChI=1S/C20H18N4O3/c1-26-20(25)19-18(22)14(12-21)13-24(19)16-5-7-17(8-6-16)27-11-9-15-4-2-3-10-23-15/h2-8,10,13H,9,11,22H2,1H3. The molecule has 0 saturated carbocycles. The molecule has 0 amide bonds. The van der Waals surface area contributed by atoms with Gasteiger partial charge in [-0.15, -0.1) is 0 Å². The summed E-state index contributed by atoms with van der Waals surface area (Å²) in [6.45, 7) is 0.499. The Morgan fingerprint density at radius 1 is 1.26 bits per heavy atom. The van der Waals surface area contributed by atoms with Crippen LogP contribution in [0, 0.1) is 11.3 Å². The maximum Gasteiger partial charge on any atom is 0.357 e. The van der Waals surface area contributed by atoms with E-state index in [1.165, 1.54) is 17.9 Å². The van der Waals surface area contributed by atoms with Crippen molar-refractivity contribution in [1.82, 2.24) is 9.55 Å². The summed E-state index contributed by atoms with van der Waals surface area (Å²) in [5, 5.41) is 9.17. The largest absolute Gasteiger partial charge is 0.493 e. The maximum absolute atomic E-state index is 12.0. The third-order valence-corrected chi connectivity index (χ3v) is 4.01. The number of pyridine rings is 1. The molecule has 0 aliphatic carbocycles. The van der Waals surface area contributed by atoms with Crippen LogP contribution >= 0.6 is 0 Å². The topological polar surface area (TPSA) is 103 Å². The van der Waals surface area contributed by atoms with Crippen molar-refractivity contribution in [2.45, 2.75) is 6.42 Å². The van der Waals surface area contributed by atoms with E-state index in [0.717, 1.165) is 5.69 Å². The van der Waals surface area contributed by atoms with Crippen molar-refractivity contribution in [2.24, 2.45) is 0 Å². The summed E-state index contributed by atoms with van der Waals surface area (Å²) in [5.74, 6) is 0.0830. The van der Waals surface area contributed by atoms with E-state index in [1.54, 1.807) is 30.5 Å². The van der Waals surface area contributed by atoms with Crippen LogP contribution in [-0.2, 0) is 11.2 Å². The van der Waals surface area contributed by atoms with Crippen molar-refractivity contribution >= 4 is 11.7 Å². The van der Waals surface area contributed by atoms with E-state index in [1.807, 2.05) is 24.3 Å². The number of benzene rings is 1. The molecule has 0 fully saturated rings. The second-order valence-electron chi connectivity index (χ2n) is 5.69. The molecule has 0 aliphatic rings. The average Bonchev–Trinajstić information content (AvgIpc) is 3.05. The molecule has 0 spiro atoms. The lowest BCUT2D eigenvalue weighted by Crippen LogP contribution is -2.11. The number of hydrogen-bond donors (Lipinski definition) is 1. The van der Waals surface area contributed by atoms with Crippen molar-refractivity contribution in [2.75, 3.05) is 19.5 Å². The molecule has 3 rings (SSSR count). The van der Waals surface area contributed by atoms with E-state index < -0.39 is 5.97 Å². The van der Waals surface area contributed by atoms with Gasteiger partial charge in [-0.25, -0.2) is 4.79 Å². The molecule has 1 aromatic carbocycles. The molecule has 136 valence electrons. The van der Waals surface area contributed by atoms with Gasteiger partial charge in [0.25, 0.3) is 0 Å². The van der Waals surface area contributed by atoms with Gasteiger partial charge in [-0.2, -0.15) is 5.26 Å². The summed E-state index contributed by atoms with van der Waals surface area (Å²) in [4.78, 5) is 16.3. The Morgan fingerprint density at radius 3 is 2.67 bits per heavy atom. The quantitative estimate of drug-likeness (QED) is 0.676. The van der Waals surface area contributed by atoms with E-state index in [2.05, 4.69) is 4.98 Å². The first-order valence-corrected chi connectivity index (χ1v) is 8.26. The number of rotatable bonds is 6. The smallest absolute Gasteiger partial charge is 0.357 e. The number of methoxy groups -OCH3 is 1. The number of carbonyl (C=O) groups is 1. The van der Waals surface area contributed by atoms with E-state index >= 15 is 0 Å². The van der Waals surface area contributed by atoms with Crippen LogP contribution in [-0.4, -0.2) is 29.2 Å². The number of anilines is 1. The van der Waals surface area contributed by atoms with E-state index in [9.17, 15) is 10.1 Å². The van der Waals surface area contributed by atoms with Gasteiger partial charge in [-0.3, -0.25) is 4.98 Å². The van der Waals surface area contributed by atoms with Crippen molar-refractivity contribution < 1.29 is 14.3 Å². The maximum atomic E-state index is 12.0. The Kier molecular flexibility index (Phi) is 5.38. The number of nitrogen functional groups attached to an aromatic ring is 1. The highest BCUT2D eigenvalue weighted by atomic mass is 16.5. The fraction of sp³-hybridized carbons (Fsp3) is 0.150. The van der Waals surface area contributed by atoms with Gasteiger partial charge in [0.05, 0.1) is 25.0 Å². The van der Waals surface area contributed by atoms with Crippen LogP contribution in [0.2, 0.25) is 0 Å².